The van der Waals surface area contributed by atoms with Crippen molar-refractivity contribution in [2.45, 2.75) is 36.8 Å². The number of benzene rings is 1. The van der Waals surface area contributed by atoms with Crippen LogP contribution in [0.2, 0.25) is 0 Å². The van der Waals surface area contributed by atoms with Crippen molar-refractivity contribution in [3.8, 4) is 0 Å². The second kappa shape index (κ2) is 9.41. The van der Waals surface area contributed by atoms with E-state index in [4.69, 9.17) is 0 Å². The molecule has 2 rings (SSSR count). The first kappa shape index (κ1) is 22.9. The van der Waals surface area contributed by atoms with E-state index in [0.717, 1.165) is 63.0 Å². The van der Waals surface area contributed by atoms with Gasteiger partial charge in [-0.2, -0.15) is 13.2 Å². The number of likely N-dealkylation sites (N-methyl/N-ethyl adjacent to an activating group) is 1. The molecule has 0 atom stereocenters. The van der Waals surface area contributed by atoms with E-state index < -0.39 is 21.8 Å². The lowest BCUT2D eigenvalue weighted by Crippen LogP contribution is -2.35. The molecule has 0 N–H and O–H groups in total. The van der Waals surface area contributed by atoms with Crippen LogP contribution in [0.5, 0.6) is 0 Å². The zero-order chi connectivity index (χ0) is 20.9. The van der Waals surface area contributed by atoms with Gasteiger partial charge in [0.2, 0.25) is 10.0 Å². The SMILES string of the molecule is C=CCN(C)C[C@H]1CC[C@H](CN(C)S(=O)(=O)c2ccc(C(F)(F)F)cc2)CC1. The fourth-order valence-corrected chi connectivity index (χ4v) is 5.04. The van der Waals surface area contributed by atoms with Crippen molar-refractivity contribution in [2.75, 3.05) is 33.7 Å². The molecule has 0 heterocycles. The van der Waals surface area contributed by atoms with Crippen LogP contribution in [0.4, 0.5) is 13.2 Å². The third-order valence-corrected chi connectivity index (χ3v) is 7.22. The number of hydrogen-bond donors (Lipinski definition) is 0. The molecule has 0 saturated heterocycles. The summed E-state index contributed by atoms with van der Waals surface area (Å²) in [5.41, 5.74) is -0.853. The Balaban J connectivity index is 1.92. The molecule has 0 unspecified atom stereocenters. The lowest BCUT2D eigenvalue weighted by molar-refractivity contribution is -0.137. The molecule has 1 aliphatic rings. The maximum atomic E-state index is 12.7. The number of sulfonamides is 1. The first-order chi connectivity index (χ1) is 13.0. The average molecular weight is 419 g/mol. The molecule has 158 valence electrons. The van der Waals surface area contributed by atoms with Crippen LogP contribution in [0.1, 0.15) is 31.2 Å². The molecule has 8 heteroatoms. The second-order valence-corrected chi connectivity index (χ2v) is 9.75. The minimum absolute atomic E-state index is 0.109. The lowest BCUT2D eigenvalue weighted by Gasteiger charge is -2.32. The van der Waals surface area contributed by atoms with Crippen molar-refractivity contribution < 1.29 is 21.6 Å². The van der Waals surface area contributed by atoms with Crippen LogP contribution in [0.25, 0.3) is 0 Å². The first-order valence-electron chi connectivity index (χ1n) is 9.47. The predicted octanol–water partition coefficient (Wildman–Crippen LogP) is 4.25. The smallest absolute Gasteiger partial charge is 0.302 e. The fourth-order valence-electron chi connectivity index (χ4n) is 3.79. The van der Waals surface area contributed by atoms with Crippen LogP contribution >= 0.6 is 0 Å². The molecular formula is C20H29F3N2O2S. The Morgan fingerprint density at radius 3 is 2.00 bits per heavy atom. The zero-order valence-corrected chi connectivity index (χ0v) is 17.3. The molecule has 0 radical (unpaired) electrons. The van der Waals surface area contributed by atoms with Gasteiger partial charge in [-0.05, 0) is 68.8 Å². The average Bonchev–Trinajstić information content (AvgIpc) is 2.63. The molecule has 0 amide bonds. The summed E-state index contributed by atoms with van der Waals surface area (Å²) in [6.45, 7) is 6.00. The third kappa shape index (κ3) is 6.06. The zero-order valence-electron chi connectivity index (χ0n) is 16.5. The topological polar surface area (TPSA) is 40.6 Å². The Hall–Kier alpha value is -1.38. The highest BCUT2D eigenvalue weighted by atomic mass is 32.2. The van der Waals surface area contributed by atoms with E-state index in [-0.39, 0.29) is 10.8 Å². The number of alkyl halides is 3. The van der Waals surface area contributed by atoms with Gasteiger partial charge in [-0.3, -0.25) is 0 Å². The summed E-state index contributed by atoms with van der Waals surface area (Å²) in [6.07, 6.45) is 1.43. The Morgan fingerprint density at radius 1 is 1.04 bits per heavy atom. The van der Waals surface area contributed by atoms with E-state index in [1.54, 1.807) is 0 Å². The first-order valence-corrected chi connectivity index (χ1v) is 10.9. The fraction of sp³-hybridized carbons (Fsp3) is 0.600. The molecule has 1 aromatic rings. The van der Waals surface area contributed by atoms with Gasteiger partial charge in [-0.15, -0.1) is 6.58 Å². The van der Waals surface area contributed by atoms with Crippen molar-refractivity contribution in [2.24, 2.45) is 11.8 Å². The van der Waals surface area contributed by atoms with Crippen LogP contribution in [0.3, 0.4) is 0 Å². The van der Waals surface area contributed by atoms with Gasteiger partial charge in [0, 0.05) is 26.7 Å². The Bertz CT molecular complexity index is 740. The van der Waals surface area contributed by atoms with Gasteiger partial charge >= 0.3 is 6.18 Å². The molecular weight excluding hydrogens is 389 g/mol. The summed E-state index contributed by atoms with van der Waals surface area (Å²) in [7, 11) is -0.229. The van der Waals surface area contributed by atoms with E-state index in [0.29, 0.717) is 12.5 Å². The van der Waals surface area contributed by atoms with Gasteiger partial charge < -0.3 is 4.90 Å². The lowest BCUT2D eigenvalue weighted by atomic mass is 9.82. The number of rotatable bonds is 8. The van der Waals surface area contributed by atoms with Gasteiger partial charge in [-0.25, -0.2) is 12.7 Å². The van der Waals surface area contributed by atoms with E-state index in [9.17, 15) is 21.6 Å². The summed E-state index contributed by atoms with van der Waals surface area (Å²) in [4.78, 5) is 2.13. The Kier molecular flexibility index (Phi) is 7.70. The number of halogens is 3. The van der Waals surface area contributed by atoms with Crippen LogP contribution in [-0.2, 0) is 16.2 Å². The van der Waals surface area contributed by atoms with E-state index >= 15 is 0 Å². The molecule has 1 aliphatic carbocycles. The quantitative estimate of drug-likeness (QED) is 0.593. The Labute approximate surface area is 166 Å². The standard InChI is InChI=1S/C20H29F3N2O2S/c1-4-13-24(2)14-16-5-7-17(8-6-16)15-25(3)28(26,27)19-11-9-18(10-12-19)20(21,22)23/h4,9-12,16-17H,1,5-8,13-15H2,2-3H3/t16-,17-. The van der Waals surface area contributed by atoms with Crippen molar-refractivity contribution in [1.29, 1.82) is 0 Å². The molecule has 0 aliphatic heterocycles. The van der Waals surface area contributed by atoms with Gasteiger partial charge in [0.05, 0.1) is 10.5 Å². The maximum absolute atomic E-state index is 12.7. The largest absolute Gasteiger partial charge is 0.416 e. The van der Waals surface area contributed by atoms with Gasteiger partial charge in [-0.1, -0.05) is 6.08 Å². The number of nitrogens with zero attached hydrogens (tertiary/aromatic N) is 2. The summed E-state index contributed by atoms with van der Waals surface area (Å²) < 4.78 is 64.6. The molecule has 0 bridgehead atoms. The summed E-state index contributed by atoms with van der Waals surface area (Å²) >= 11 is 0. The van der Waals surface area contributed by atoms with Crippen molar-refractivity contribution in [1.82, 2.24) is 9.21 Å². The molecule has 28 heavy (non-hydrogen) atoms. The minimum atomic E-state index is -4.48. The highest BCUT2D eigenvalue weighted by Gasteiger charge is 2.32. The highest BCUT2D eigenvalue weighted by molar-refractivity contribution is 7.89. The van der Waals surface area contributed by atoms with Crippen molar-refractivity contribution in [3.05, 3.63) is 42.5 Å². The maximum Gasteiger partial charge on any atom is 0.416 e. The predicted molar refractivity (Wildman–Crippen MR) is 104 cm³/mol. The molecule has 1 saturated carbocycles. The van der Waals surface area contributed by atoms with Gasteiger partial charge in [0.15, 0.2) is 0 Å². The third-order valence-electron chi connectivity index (χ3n) is 5.38. The van der Waals surface area contributed by atoms with E-state index in [1.807, 2.05) is 6.08 Å². The molecule has 1 fully saturated rings. The van der Waals surface area contributed by atoms with Crippen LogP contribution in [-0.4, -0.2) is 51.4 Å². The van der Waals surface area contributed by atoms with Crippen LogP contribution < -0.4 is 0 Å². The second-order valence-electron chi connectivity index (χ2n) is 7.70. The molecule has 4 nitrogen and oxygen atoms in total. The Morgan fingerprint density at radius 2 is 1.54 bits per heavy atom. The van der Waals surface area contributed by atoms with Crippen molar-refractivity contribution in [3.63, 3.8) is 0 Å². The van der Waals surface area contributed by atoms with E-state index in [1.165, 1.54) is 11.4 Å². The highest BCUT2D eigenvalue weighted by Crippen LogP contribution is 2.32. The van der Waals surface area contributed by atoms with Gasteiger partial charge in [0.1, 0.15) is 0 Å². The molecule has 0 spiro atoms. The summed E-state index contributed by atoms with van der Waals surface area (Å²) in [5, 5.41) is 0. The van der Waals surface area contributed by atoms with Gasteiger partial charge in [0.25, 0.3) is 0 Å². The van der Waals surface area contributed by atoms with E-state index in [2.05, 4.69) is 18.5 Å². The normalized spacial score (nSPS) is 21.2. The monoisotopic (exact) mass is 418 g/mol. The molecule has 0 aromatic heterocycles. The van der Waals surface area contributed by atoms with Crippen LogP contribution in [0, 0.1) is 11.8 Å². The minimum Gasteiger partial charge on any atom is -0.302 e. The van der Waals surface area contributed by atoms with Crippen LogP contribution in [0.15, 0.2) is 41.8 Å². The summed E-state index contributed by atoms with van der Waals surface area (Å²) in [6, 6.07) is 3.68. The molecule has 1 aromatic carbocycles. The van der Waals surface area contributed by atoms with Crippen molar-refractivity contribution >= 4 is 10.0 Å². The summed E-state index contributed by atoms with van der Waals surface area (Å²) in [5.74, 6) is 0.883. The number of hydrogen-bond acceptors (Lipinski definition) is 3.